The van der Waals surface area contributed by atoms with Gasteiger partial charge in [0.15, 0.2) is 5.58 Å². The van der Waals surface area contributed by atoms with Crippen molar-refractivity contribution in [3.63, 3.8) is 0 Å². The SMILES string of the molecule is c1ccc(C2=NC(c3ccc(-c4ccc5ccc6nc(-c7ccccc7)oc6c5c4)cc3)NC(c3ccccc3)N2)cc1. The number of hydrogen-bond donors (Lipinski definition) is 2. The Morgan fingerprint density at radius 1 is 0.558 bits per heavy atom. The molecule has 2 heterocycles. The summed E-state index contributed by atoms with van der Waals surface area (Å²) in [6.07, 6.45) is -0.262. The van der Waals surface area contributed by atoms with E-state index < -0.39 is 0 Å². The zero-order valence-corrected chi connectivity index (χ0v) is 23.3. The summed E-state index contributed by atoms with van der Waals surface area (Å²) >= 11 is 0. The van der Waals surface area contributed by atoms with Crippen molar-refractivity contribution in [1.82, 2.24) is 15.6 Å². The lowest BCUT2D eigenvalue weighted by molar-refractivity contribution is 0.409. The van der Waals surface area contributed by atoms with Crippen LogP contribution < -0.4 is 10.6 Å². The number of oxazole rings is 1. The molecule has 2 unspecified atom stereocenters. The molecule has 1 aromatic heterocycles. The zero-order valence-electron chi connectivity index (χ0n) is 23.3. The van der Waals surface area contributed by atoms with Crippen molar-refractivity contribution in [1.29, 1.82) is 0 Å². The van der Waals surface area contributed by atoms with Gasteiger partial charge in [-0.05, 0) is 51.9 Å². The Kier molecular flexibility index (Phi) is 6.28. The molecular formula is C38H28N4O. The minimum atomic E-state index is -0.197. The van der Waals surface area contributed by atoms with Crippen molar-refractivity contribution < 1.29 is 4.42 Å². The second-order valence-corrected chi connectivity index (χ2v) is 10.8. The van der Waals surface area contributed by atoms with Crippen molar-refractivity contribution in [2.75, 3.05) is 0 Å². The smallest absolute Gasteiger partial charge is 0.227 e. The molecule has 7 aromatic rings. The van der Waals surface area contributed by atoms with Crippen molar-refractivity contribution in [3.8, 4) is 22.6 Å². The predicted octanol–water partition coefficient (Wildman–Crippen LogP) is 8.65. The molecule has 0 aliphatic carbocycles. The largest absolute Gasteiger partial charge is 0.435 e. The number of hydrogen-bond acceptors (Lipinski definition) is 5. The standard InChI is InChI=1S/C38H28N4O/c1-4-10-27(11-5-1)35-40-36(28-12-6-2-7-13-28)42-37(41-35)29-19-16-25(17-20-29)31-21-18-26-22-23-33-34(32(26)24-31)43-38(39-33)30-14-8-3-9-15-30/h1-24,35,37,41H,(H,40,42). The van der Waals surface area contributed by atoms with Gasteiger partial charge >= 0.3 is 0 Å². The highest BCUT2D eigenvalue weighted by molar-refractivity contribution is 6.05. The number of nitrogens with zero attached hydrogens (tertiary/aromatic N) is 2. The summed E-state index contributed by atoms with van der Waals surface area (Å²) < 4.78 is 6.31. The maximum absolute atomic E-state index is 6.31. The van der Waals surface area contributed by atoms with Crippen LogP contribution in [0.15, 0.2) is 155 Å². The number of aromatic nitrogens is 1. The highest BCUT2D eigenvalue weighted by Crippen LogP contribution is 2.34. The molecule has 6 aromatic carbocycles. The van der Waals surface area contributed by atoms with E-state index in [4.69, 9.17) is 14.4 Å². The van der Waals surface area contributed by atoms with Crippen LogP contribution in [0.1, 0.15) is 29.0 Å². The maximum atomic E-state index is 6.31. The highest BCUT2D eigenvalue weighted by atomic mass is 16.3. The number of nitrogens with one attached hydrogen (secondary N) is 2. The summed E-state index contributed by atoms with van der Waals surface area (Å²) in [4.78, 5) is 9.84. The van der Waals surface area contributed by atoms with Crippen LogP contribution >= 0.6 is 0 Å². The van der Waals surface area contributed by atoms with Crippen LogP contribution in [0, 0.1) is 0 Å². The zero-order chi connectivity index (χ0) is 28.6. The van der Waals surface area contributed by atoms with Crippen LogP contribution in [0.5, 0.6) is 0 Å². The Labute approximate surface area is 249 Å². The molecule has 0 saturated carbocycles. The van der Waals surface area contributed by atoms with E-state index in [2.05, 4.69) is 95.6 Å². The van der Waals surface area contributed by atoms with E-state index in [0.717, 1.165) is 61.1 Å². The number of fused-ring (bicyclic) bond motifs is 3. The first-order valence-electron chi connectivity index (χ1n) is 14.5. The maximum Gasteiger partial charge on any atom is 0.227 e. The number of benzene rings is 6. The third-order valence-corrected chi connectivity index (χ3v) is 8.00. The Balaban J connectivity index is 1.13. The van der Waals surface area contributed by atoms with Crippen molar-refractivity contribution in [3.05, 3.63) is 162 Å². The van der Waals surface area contributed by atoms with Gasteiger partial charge in [0, 0.05) is 16.5 Å². The predicted molar refractivity (Wildman–Crippen MR) is 174 cm³/mol. The van der Waals surface area contributed by atoms with Crippen LogP contribution in [0.4, 0.5) is 0 Å². The lowest BCUT2D eigenvalue weighted by Gasteiger charge is -2.32. The Bertz CT molecular complexity index is 2070. The van der Waals surface area contributed by atoms with Gasteiger partial charge in [0.1, 0.15) is 23.7 Å². The average Bonchev–Trinajstić information content (AvgIpc) is 3.54. The van der Waals surface area contributed by atoms with Gasteiger partial charge < -0.3 is 9.73 Å². The average molecular weight is 557 g/mol. The second-order valence-electron chi connectivity index (χ2n) is 10.8. The van der Waals surface area contributed by atoms with Gasteiger partial charge in [-0.25, -0.2) is 9.98 Å². The number of rotatable bonds is 5. The van der Waals surface area contributed by atoms with E-state index in [1.807, 2.05) is 60.7 Å². The van der Waals surface area contributed by atoms with Crippen LogP contribution in [0.3, 0.4) is 0 Å². The van der Waals surface area contributed by atoms with Gasteiger partial charge in [-0.1, -0.05) is 121 Å². The molecule has 2 atom stereocenters. The minimum Gasteiger partial charge on any atom is -0.435 e. The van der Waals surface area contributed by atoms with Gasteiger partial charge in [0.25, 0.3) is 0 Å². The third-order valence-electron chi connectivity index (χ3n) is 8.00. The Hall–Kier alpha value is -5.52. The Morgan fingerprint density at radius 2 is 1.21 bits per heavy atom. The molecule has 1 aliphatic heterocycles. The molecule has 0 amide bonds. The van der Waals surface area contributed by atoms with E-state index in [0.29, 0.717) is 5.89 Å². The van der Waals surface area contributed by atoms with E-state index in [9.17, 15) is 0 Å². The van der Waals surface area contributed by atoms with Gasteiger partial charge in [-0.15, -0.1) is 0 Å². The molecule has 0 radical (unpaired) electrons. The van der Waals surface area contributed by atoms with Crippen molar-refractivity contribution >= 4 is 27.7 Å². The Morgan fingerprint density at radius 3 is 1.95 bits per heavy atom. The lowest BCUT2D eigenvalue weighted by Crippen LogP contribution is -2.44. The summed E-state index contributed by atoms with van der Waals surface area (Å²) in [5.41, 5.74) is 8.22. The topological polar surface area (TPSA) is 62.5 Å². The van der Waals surface area contributed by atoms with Gasteiger partial charge in [0.05, 0.1) is 0 Å². The molecule has 206 valence electrons. The summed E-state index contributed by atoms with van der Waals surface area (Å²) in [5.74, 6) is 1.51. The van der Waals surface area contributed by atoms with Crippen LogP contribution in [-0.4, -0.2) is 10.8 Å². The van der Waals surface area contributed by atoms with E-state index in [1.165, 1.54) is 0 Å². The number of amidine groups is 1. The van der Waals surface area contributed by atoms with Crippen molar-refractivity contribution in [2.24, 2.45) is 4.99 Å². The molecule has 1 aliphatic rings. The molecule has 0 bridgehead atoms. The first-order chi connectivity index (χ1) is 21.3. The van der Waals surface area contributed by atoms with Crippen LogP contribution in [0.25, 0.3) is 44.5 Å². The molecule has 0 fully saturated rings. The fraction of sp³-hybridized carbons (Fsp3) is 0.0526. The summed E-state index contributed by atoms with van der Waals surface area (Å²) in [5, 5.41) is 9.45. The molecule has 0 spiro atoms. The second kappa shape index (κ2) is 10.7. The molecule has 5 heteroatoms. The summed E-state index contributed by atoms with van der Waals surface area (Å²) in [6.45, 7) is 0. The van der Waals surface area contributed by atoms with E-state index >= 15 is 0 Å². The minimum absolute atomic E-state index is 0.0656. The van der Waals surface area contributed by atoms with E-state index in [-0.39, 0.29) is 12.3 Å². The summed E-state index contributed by atoms with van der Waals surface area (Å²) in [7, 11) is 0. The van der Waals surface area contributed by atoms with Gasteiger partial charge in [0.2, 0.25) is 5.89 Å². The fourth-order valence-electron chi connectivity index (χ4n) is 5.74. The van der Waals surface area contributed by atoms with Crippen LogP contribution in [0.2, 0.25) is 0 Å². The van der Waals surface area contributed by atoms with E-state index in [1.54, 1.807) is 0 Å². The molecule has 5 nitrogen and oxygen atoms in total. The number of aliphatic imine (C=N–C) groups is 1. The third kappa shape index (κ3) is 4.86. The van der Waals surface area contributed by atoms with Crippen LogP contribution in [-0.2, 0) is 0 Å². The van der Waals surface area contributed by atoms with Gasteiger partial charge in [-0.3, -0.25) is 5.32 Å². The summed E-state index contributed by atoms with van der Waals surface area (Å²) in [6, 6.07) is 50.1. The molecule has 8 rings (SSSR count). The monoisotopic (exact) mass is 556 g/mol. The highest BCUT2D eigenvalue weighted by Gasteiger charge is 2.25. The molecule has 0 saturated heterocycles. The first-order valence-corrected chi connectivity index (χ1v) is 14.5. The molecule has 2 N–H and O–H groups in total. The molecule has 43 heavy (non-hydrogen) atoms. The lowest BCUT2D eigenvalue weighted by atomic mass is 9.99. The fourth-order valence-corrected chi connectivity index (χ4v) is 5.74. The van der Waals surface area contributed by atoms with Gasteiger partial charge in [-0.2, -0.15) is 0 Å². The first kappa shape index (κ1) is 25.2. The van der Waals surface area contributed by atoms with Crippen molar-refractivity contribution in [2.45, 2.75) is 12.3 Å². The molecular weight excluding hydrogens is 528 g/mol. The quantitative estimate of drug-likeness (QED) is 0.223. The normalized spacial score (nSPS) is 16.6.